The third-order valence-electron chi connectivity index (χ3n) is 3.34. The molecule has 0 saturated heterocycles. The van der Waals surface area contributed by atoms with Crippen LogP contribution in [0.4, 0.5) is 4.39 Å². The van der Waals surface area contributed by atoms with Gasteiger partial charge < -0.3 is 0 Å². The van der Waals surface area contributed by atoms with Gasteiger partial charge in [0.1, 0.15) is 5.82 Å². The Morgan fingerprint density at radius 2 is 1.89 bits per heavy atom. The maximum Gasteiger partial charge on any atom is 0.127 e. The molecule has 102 valence electrons. The molecule has 0 fully saturated rings. The highest BCUT2D eigenvalue weighted by atomic mass is 19.1. The van der Waals surface area contributed by atoms with Crippen molar-refractivity contribution in [1.29, 1.82) is 0 Å². The van der Waals surface area contributed by atoms with E-state index in [2.05, 4.69) is 23.8 Å². The van der Waals surface area contributed by atoms with E-state index in [0.717, 1.165) is 18.7 Å². The fraction of sp³-hybridized carbons (Fsp3) is 0.400. The summed E-state index contributed by atoms with van der Waals surface area (Å²) in [5.41, 5.74) is 3.11. The number of rotatable bonds is 5. The highest BCUT2D eigenvalue weighted by molar-refractivity contribution is 5.19. The first kappa shape index (κ1) is 13.7. The van der Waals surface area contributed by atoms with Gasteiger partial charge in [0.05, 0.1) is 6.20 Å². The Labute approximate surface area is 113 Å². The molecule has 0 amide bonds. The molecule has 1 heterocycles. The van der Waals surface area contributed by atoms with E-state index >= 15 is 0 Å². The standard InChI is InChI=1S/C15H20FN3/c1-4-19-12(2)14(9-17-19)11-18(3)10-13-7-5-6-8-15(13)16/h5-9H,4,10-11H2,1-3H3. The predicted molar refractivity (Wildman–Crippen MR) is 74.2 cm³/mol. The minimum Gasteiger partial charge on any atom is -0.298 e. The van der Waals surface area contributed by atoms with Gasteiger partial charge in [-0.2, -0.15) is 5.10 Å². The molecule has 0 N–H and O–H groups in total. The molecule has 0 aliphatic rings. The van der Waals surface area contributed by atoms with Crippen LogP contribution in [0.5, 0.6) is 0 Å². The van der Waals surface area contributed by atoms with Gasteiger partial charge in [-0.15, -0.1) is 0 Å². The van der Waals surface area contributed by atoms with Crippen molar-refractivity contribution in [2.24, 2.45) is 0 Å². The SMILES string of the molecule is CCn1ncc(CN(C)Cc2ccccc2F)c1C. The van der Waals surface area contributed by atoms with E-state index in [1.54, 1.807) is 6.07 Å². The normalized spacial score (nSPS) is 11.2. The third-order valence-corrected chi connectivity index (χ3v) is 3.34. The minimum atomic E-state index is -0.143. The Morgan fingerprint density at radius 3 is 2.53 bits per heavy atom. The van der Waals surface area contributed by atoms with Crippen molar-refractivity contribution in [2.75, 3.05) is 7.05 Å². The first-order valence-corrected chi connectivity index (χ1v) is 6.55. The van der Waals surface area contributed by atoms with Crippen LogP contribution in [0.15, 0.2) is 30.5 Å². The Balaban J connectivity index is 2.03. The van der Waals surface area contributed by atoms with Gasteiger partial charge in [-0.05, 0) is 27.0 Å². The summed E-state index contributed by atoms with van der Waals surface area (Å²) in [5, 5.41) is 4.33. The molecular weight excluding hydrogens is 241 g/mol. The van der Waals surface area contributed by atoms with E-state index in [9.17, 15) is 4.39 Å². The van der Waals surface area contributed by atoms with Gasteiger partial charge in [0, 0.05) is 36.5 Å². The summed E-state index contributed by atoms with van der Waals surface area (Å²) in [6, 6.07) is 6.92. The van der Waals surface area contributed by atoms with Crippen LogP contribution in [0.3, 0.4) is 0 Å². The molecule has 0 radical (unpaired) electrons. The van der Waals surface area contributed by atoms with Crippen molar-refractivity contribution in [1.82, 2.24) is 14.7 Å². The van der Waals surface area contributed by atoms with Crippen LogP contribution >= 0.6 is 0 Å². The molecule has 0 aliphatic heterocycles. The van der Waals surface area contributed by atoms with Crippen LogP contribution in [0, 0.1) is 12.7 Å². The predicted octanol–water partition coefficient (Wildman–Crippen LogP) is 2.98. The van der Waals surface area contributed by atoms with Crippen LogP contribution in [0.1, 0.15) is 23.7 Å². The van der Waals surface area contributed by atoms with E-state index in [-0.39, 0.29) is 5.82 Å². The molecule has 0 unspecified atom stereocenters. The van der Waals surface area contributed by atoms with Crippen LogP contribution in [-0.4, -0.2) is 21.7 Å². The second-order valence-corrected chi connectivity index (χ2v) is 4.83. The summed E-state index contributed by atoms with van der Waals surface area (Å²) in [5.74, 6) is -0.143. The number of benzene rings is 1. The van der Waals surface area contributed by atoms with Gasteiger partial charge in [-0.25, -0.2) is 4.39 Å². The van der Waals surface area contributed by atoms with Gasteiger partial charge in [-0.3, -0.25) is 9.58 Å². The summed E-state index contributed by atoms with van der Waals surface area (Å²) in [6.45, 7) is 6.40. The lowest BCUT2D eigenvalue weighted by Crippen LogP contribution is -2.18. The van der Waals surface area contributed by atoms with Crippen LogP contribution < -0.4 is 0 Å². The van der Waals surface area contributed by atoms with Crippen molar-refractivity contribution in [3.8, 4) is 0 Å². The fourth-order valence-corrected chi connectivity index (χ4v) is 2.22. The van der Waals surface area contributed by atoms with E-state index < -0.39 is 0 Å². The summed E-state index contributed by atoms with van der Waals surface area (Å²) >= 11 is 0. The zero-order chi connectivity index (χ0) is 13.8. The average Bonchev–Trinajstić information content (AvgIpc) is 2.73. The summed E-state index contributed by atoms with van der Waals surface area (Å²) in [4.78, 5) is 2.10. The number of halogens is 1. The van der Waals surface area contributed by atoms with Crippen molar-refractivity contribution >= 4 is 0 Å². The average molecular weight is 261 g/mol. The number of aryl methyl sites for hydroxylation is 1. The molecule has 0 bridgehead atoms. The maximum atomic E-state index is 13.6. The number of hydrogen-bond acceptors (Lipinski definition) is 2. The molecule has 0 aliphatic carbocycles. The number of aromatic nitrogens is 2. The smallest absolute Gasteiger partial charge is 0.127 e. The molecule has 19 heavy (non-hydrogen) atoms. The largest absolute Gasteiger partial charge is 0.298 e. The Kier molecular flexibility index (Phi) is 4.32. The fourth-order valence-electron chi connectivity index (χ4n) is 2.22. The summed E-state index contributed by atoms with van der Waals surface area (Å²) in [6.07, 6.45) is 1.90. The lowest BCUT2D eigenvalue weighted by Gasteiger charge is -2.17. The second kappa shape index (κ2) is 5.97. The molecular formula is C15H20FN3. The van der Waals surface area contributed by atoms with Crippen LogP contribution in [0.25, 0.3) is 0 Å². The monoisotopic (exact) mass is 261 g/mol. The van der Waals surface area contributed by atoms with Crippen molar-refractivity contribution < 1.29 is 4.39 Å². The van der Waals surface area contributed by atoms with Gasteiger partial charge in [0.2, 0.25) is 0 Å². The Morgan fingerprint density at radius 1 is 1.21 bits per heavy atom. The van der Waals surface area contributed by atoms with Gasteiger partial charge in [0.15, 0.2) is 0 Å². The van der Waals surface area contributed by atoms with E-state index in [4.69, 9.17) is 0 Å². The van der Waals surface area contributed by atoms with Crippen LogP contribution in [0.2, 0.25) is 0 Å². The quantitative estimate of drug-likeness (QED) is 0.825. The second-order valence-electron chi connectivity index (χ2n) is 4.83. The topological polar surface area (TPSA) is 21.1 Å². The molecule has 0 spiro atoms. The first-order chi connectivity index (χ1) is 9.11. The van der Waals surface area contributed by atoms with Crippen molar-refractivity contribution in [3.63, 3.8) is 0 Å². The molecule has 4 heteroatoms. The van der Waals surface area contributed by atoms with Gasteiger partial charge >= 0.3 is 0 Å². The first-order valence-electron chi connectivity index (χ1n) is 6.55. The van der Waals surface area contributed by atoms with Crippen LogP contribution in [-0.2, 0) is 19.6 Å². The highest BCUT2D eigenvalue weighted by Gasteiger charge is 2.10. The molecule has 3 nitrogen and oxygen atoms in total. The molecule has 2 aromatic rings. The number of nitrogens with zero attached hydrogens (tertiary/aromatic N) is 3. The lowest BCUT2D eigenvalue weighted by atomic mass is 10.2. The van der Waals surface area contributed by atoms with E-state index in [1.807, 2.05) is 30.1 Å². The Hall–Kier alpha value is -1.68. The van der Waals surface area contributed by atoms with Crippen molar-refractivity contribution in [3.05, 3.63) is 53.1 Å². The zero-order valence-electron chi connectivity index (χ0n) is 11.7. The maximum absolute atomic E-state index is 13.6. The molecule has 1 aromatic carbocycles. The lowest BCUT2D eigenvalue weighted by molar-refractivity contribution is 0.312. The molecule has 0 saturated carbocycles. The van der Waals surface area contributed by atoms with Gasteiger partial charge in [0.25, 0.3) is 0 Å². The van der Waals surface area contributed by atoms with E-state index in [1.165, 1.54) is 17.3 Å². The molecule has 0 atom stereocenters. The Bertz CT molecular complexity index is 548. The zero-order valence-corrected chi connectivity index (χ0v) is 11.7. The van der Waals surface area contributed by atoms with E-state index in [0.29, 0.717) is 6.54 Å². The summed E-state index contributed by atoms with van der Waals surface area (Å²) < 4.78 is 15.6. The van der Waals surface area contributed by atoms with Crippen molar-refractivity contribution in [2.45, 2.75) is 33.5 Å². The number of hydrogen-bond donors (Lipinski definition) is 0. The highest BCUT2D eigenvalue weighted by Crippen LogP contribution is 2.13. The van der Waals surface area contributed by atoms with Gasteiger partial charge in [-0.1, -0.05) is 18.2 Å². The summed E-state index contributed by atoms with van der Waals surface area (Å²) in [7, 11) is 2.00. The third kappa shape index (κ3) is 3.20. The minimum absolute atomic E-state index is 0.143. The molecule has 2 rings (SSSR count). The molecule has 1 aromatic heterocycles.